The van der Waals surface area contributed by atoms with Crippen LogP contribution < -0.4 is 4.74 Å². The van der Waals surface area contributed by atoms with Crippen molar-refractivity contribution in [1.82, 2.24) is 9.21 Å². The van der Waals surface area contributed by atoms with E-state index in [1.807, 2.05) is 4.90 Å². The van der Waals surface area contributed by atoms with Crippen molar-refractivity contribution in [2.45, 2.75) is 30.6 Å². The van der Waals surface area contributed by atoms with Gasteiger partial charge >= 0.3 is 0 Å². The Labute approximate surface area is 148 Å². The lowest BCUT2D eigenvalue weighted by molar-refractivity contribution is -0.135. The van der Waals surface area contributed by atoms with Crippen LogP contribution in [-0.2, 0) is 14.8 Å². The smallest absolute Gasteiger partial charge is 0.246 e. The summed E-state index contributed by atoms with van der Waals surface area (Å²) in [6.45, 7) is 2.28. The molecule has 1 aromatic rings. The van der Waals surface area contributed by atoms with E-state index in [0.29, 0.717) is 32.0 Å². The number of hydrogen-bond acceptors (Lipinski definition) is 4. The number of hydrogen-bond donors (Lipinski definition) is 0. The van der Waals surface area contributed by atoms with Crippen molar-refractivity contribution in [1.29, 1.82) is 0 Å². The van der Waals surface area contributed by atoms with Gasteiger partial charge in [-0.2, -0.15) is 0 Å². The molecule has 3 aliphatic rings. The average molecular weight is 364 g/mol. The fourth-order valence-corrected chi connectivity index (χ4v) is 5.29. The van der Waals surface area contributed by atoms with Crippen molar-refractivity contribution in [2.75, 3.05) is 33.3 Å². The molecule has 0 radical (unpaired) electrons. The first-order valence-corrected chi connectivity index (χ1v) is 10.3. The Balaban J connectivity index is 1.56. The van der Waals surface area contributed by atoms with E-state index in [1.54, 1.807) is 31.3 Å². The fraction of sp³-hybridized carbons (Fsp3) is 0.611. The van der Waals surface area contributed by atoms with Crippen LogP contribution in [0.15, 0.2) is 29.2 Å². The van der Waals surface area contributed by atoms with Crippen molar-refractivity contribution in [3.8, 4) is 5.75 Å². The molecule has 1 aliphatic carbocycles. The standard InChI is InChI=1S/C18H24N2O4S/c1-19-12-18(8-10-20(11-9-18)17(21)14-6-7-14)13-24-15-4-2-3-5-16(15)25(19,22)23/h2-5,14H,6-13H2,1H3. The van der Waals surface area contributed by atoms with Gasteiger partial charge < -0.3 is 9.64 Å². The molecule has 25 heavy (non-hydrogen) atoms. The minimum atomic E-state index is -3.56. The van der Waals surface area contributed by atoms with Gasteiger partial charge in [0.05, 0.1) is 6.61 Å². The number of amides is 1. The van der Waals surface area contributed by atoms with Crippen LogP contribution in [0.4, 0.5) is 0 Å². The third-order valence-corrected chi connectivity index (χ3v) is 7.53. The van der Waals surface area contributed by atoms with Gasteiger partial charge in [0.25, 0.3) is 0 Å². The summed E-state index contributed by atoms with van der Waals surface area (Å²) in [7, 11) is -1.92. The lowest BCUT2D eigenvalue weighted by Gasteiger charge is -2.44. The summed E-state index contributed by atoms with van der Waals surface area (Å²) < 4.78 is 33.1. The monoisotopic (exact) mass is 364 g/mol. The summed E-state index contributed by atoms with van der Waals surface area (Å²) in [6.07, 6.45) is 3.57. The number of piperidine rings is 1. The lowest BCUT2D eigenvalue weighted by Crippen LogP contribution is -2.51. The molecule has 0 aromatic heterocycles. The molecule has 2 heterocycles. The van der Waals surface area contributed by atoms with Gasteiger partial charge in [-0.1, -0.05) is 12.1 Å². The Hall–Kier alpha value is -1.60. The van der Waals surface area contributed by atoms with Gasteiger partial charge in [0, 0.05) is 38.0 Å². The van der Waals surface area contributed by atoms with E-state index in [1.165, 1.54) is 4.31 Å². The average Bonchev–Trinajstić information content (AvgIpc) is 3.45. The van der Waals surface area contributed by atoms with Gasteiger partial charge in [0.2, 0.25) is 15.9 Å². The molecule has 7 heteroatoms. The first-order chi connectivity index (χ1) is 11.9. The van der Waals surface area contributed by atoms with E-state index in [2.05, 4.69) is 0 Å². The molecule has 1 saturated carbocycles. The van der Waals surface area contributed by atoms with Crippen LogP contribution in [0.3, 0.4) is 0 Å². The SMILES string of the molecule is CN1CC2(CCN(C(=O)C3CC3)CC2)COc2ccccc2S1(=O)=O. The minimum absolute atomic E-state index is 0.230. The van der Waals surface area contributed by atoms with Gasteiger partial charge in [-0.05, 0) is 37.8 Å². The number of para-hydroxylation sites is 1. The number of likely N-dealkylation sites (tertiary alicyclic amines) is 1. The van der Waals surface area contributed by atoms with E-state index in [0.717, 1.165) is 25.7 Å². The van der Waals surface area contributed by atoms with E-state index in [9.17, 15) is 13.2 Å². The fourth-order valence-electron chi connectivity index (χ4n) is 3.88. The molecule has 1 spiro atoms. The summed E-state index contributed by atoms with van der Waals surface area (Å²) >= 11 is 0. The van der Waals surface area contributed by atoms with Crippen LogP contribution in [-0.4, -0.2) is 56.8 Å². The number of rotatable bonds is 1. The third-order valence-electron chi connectivity index (χ3n) is 5.69. The summed E-state index contributed by atoms with van der Waals surface area (Å²) in [5.74, 6) is 0.926. The molecule has 1 amide bonds. The lowest BCUT2D eigenvalue weighted by atomic mass is 9.78. The second-order valence-corrected chi connectivity index (χ2v) is 9.61. The molecule has 0 atom stereocenters. The van der Waals surface area contributed by atoms with Gasteiger partial charge in [-0.15, -0.1) is 0 Å². The number of ether oxygens (including phenoxy) is 1. The van der Waals surface area contributed by atoms with Crippen LogP contribution in [0, 0.1) is 11.3 Å². The Morgan fingerprint density at radius 1 is 1.20 bits per heavy atom. The zero-order valence-electron chi connectivity index (χ0n) is 14.5. The molecule has 0 bridgehead atoms. The molecule has 136 valence electrons. The summed E-state index contributed by atoms with van der Waals surface area (Å²) in [6, 6.07) is 6.81. The third kappa shape index (κ3) is 3.04. The molecule has 0 unspecified atom stereocenters. The number of benzene rings is 1. The largest absolute Gasteiger partial charge is 0.492 e. The Kier molecular flexibility index (Phi) is 4.03. The van der Waals surface area contributed by atoms with Crippen LogP contribution in [0.2, 0.25) is 0 Å². The number of fused-ring (bicyclic) bond motifs is 1. The highest BCUT2D eigenvalue weighted by Crippen LogP contribution is 2.40. The molecular weight excluding hydrogens is 340 g/mol. The number of carbonyl (C=O) groups excluding carboxylic acids is 1. The maximum Gasteiger partial charge on any atom is 0.246 e. The second-order valence-electron chi connectivity index (χ2n) is 7.60. The summed E-state index contributed by atoms with van der Waals surface area (Å²) in [5, 5.41) is 0. The topological polar surface area (TPSA) is 66.9 Å². The van der Waals surface area contributed by atoms with E-state index in [4.69, 9.17) is 4.74 Å². The molecule has 2 fully saturated rings. The first-order valence-electron chi connectivity index (χ1n) is 8.88. The quantitative estimate of drug-likeness (QED) is 0.761. The van der Waals surface area contributed by atoms with Gasteiger partial charge in [-0.25, -0.2) is 12.7 Å². The zero-order chi connectivity index (χ0) is 17.7. The highest BCUT2D eigenvalue weighted by molar-refractivity contribution is 7.89. The molecular formula is C18H24N2O4S. The van der Waals surface area contributed by atoms with Gasteiger partial charge in [0.1, 0.15) is 10.6 Å². The summed E-state index contributed by atoms with van der Waals surface area (Å²) in [5.41, 5.74) is -0.240. The van der Waals surface area contributed by atoms with Crippen molar-refractivity contribution < 1.29 is 17.9 Å². The van der Waals surface area contributed by atoms with Crippen molar-refractivity contribution in [2.24, 2.45) is 11.3 Å². The Morgan fingerprint density at radius 3 is 2.56 bits per heavy atom. The molecule has 4 rings (SSSR count). The molecule has 2 aliphatic heterocycles. The van der Waals surface area contributed by atoms with Crippen LogP contribution in [0.1, 0.15) is 25.7 Å². The van der Waals surface area contributed by atoms with Gasteiger partial charge in [0.15, 0.2) is 0 Å². The van der Waals surface area contributed by atoms with Crippen LogP contribution in [0.25, 0.3) is 0 Å². The maximum absolute atomic E-state index is 12.9. The predicted molar refractivity (Wildman–Crippen MR) is 92.7 cm³/mol. The van der Waals surface area contributed by atoms with Crippen molar-refractivity contribution >= 4 is 15.9 Å². The molecule has 1 aromatic carbocycles. The van der Waals surface area contributed by atoms with Gasteiger partial charge in [-0.3, -0.25) is 4.79 Å². The van der Waals surface area contributed by atoms with Crippen LogP contribution in [0.5, 0.6) is 5.75 Å². The minimum Gasteiger partial charge on any atom is -0.492 e. The number of sulfonamides is 1. The number of carbonyl (C=O) groups is 1. The maximum atomic E-state index is 12.9. The van der Waals surface area contributed by atoms with Crippen molar-refractivity contribution in [3.05, 3.63) is 24.3 Å². The van der Waals surface area contributed by atoms with Crippen LogP contribution >= 0.6 is 0 Å². The first kappa shape index (κ1) is 16.8. The Bertz CT molecular complexity index is 780. The molecule has 6 nitrogen and oxygen atoms in total. The van der Waals surface area contributed by atoms with Crippen molar-refractivity contribution in [3.63, 3.8) is 0 Å². The zero-order valence-corrected chi connectivity index (χ0v) is 15.3. The van der Waals surface area contributed by atoms with E-state index >= 15 is 0 Å². The second kappa shape index (κ2) is 5.99. The van der Waals surface area contributed by atoms with E-state index in [-0.39, 0.29) is 22.1 Å². The highest BCUT2D eigenvalue weighted by atomic mass is 32.2. The summed E-state index contributed by atoms with van der Waals surface area (Å²) in [4.78, 5) is 14.5. The highest BCUT2D eigenvalue weighted by Gasteiger charge is 2.43. The predicted octanol–water partition coefficient (Wildman–Crippen LogP) is 1.72. The molecule has 1 saturated heterocycles. The Morgan fingerprint density at radius 2 is 1.88 bits per heavy atom. The number of nitrogens with zero attached hydrogens (tertiary/aromatic N) is 2. The molecule has 0 N–H and O–H groups in total. The van der Waals surface area contributed by atoms with E-state index < -0.39 is 10.0 Å². The normalized spacial score (nSPS) is 25.6.